The fraction of sp³-hybridized carbons (Fsp3) is 0.571. The molecule has 0 radical (unpaired) electrons. The molecule has 1 saturated carbocycles. The summed E-state index contributed by atoms with van der Waals surface area (Å²) in [5.74, 6) is 1.12. The van der Waals surface area contributed by atoms with Crippen LogP contribution >= 0.6 is 11.3 Å². The van der Waals surface area contributed by atoms with Gasteiger partial charge in [-0.25, -0.2) is 9.97 Å². The molecule has 0 unspecified atom stereocenters. The van der Waals surface area contributed by atoms with Gasteiger partial charge in [-0.05, 0) is 37.1 Å². The molecular weight excluding hydrogens is 256 g/mol. The highest BCUT2D eigenvalue weighted by Gasteiger charge is 2.27. The molecule has 0 bridgehead atoms. The first-order chi connectivity index (χ1) is 9.40. The quantitative estimate of drug-likeness (QED) is 0.933. The van der Waals surface area contributed by atoms with Crippen LogP contribution < -0.4 is 10.2 Å². The van der Waals surface area contributed by atoms with Crippen molar-refractivity contribution in [1.82, 2.24) is 15.3 Å². The van der Waals surface area contributed by atoms with Crippen molar-refractivity contribution in [2.24, 2.45) is 0 Å². The van der Waals surface area contributed by atoms with Crippen LogP contribution in [-0.2, 0) is 0 Å². The first-order valence-electron chi connectivity index (χ1n) is 7.09. The van der Waals surface area contributed by atoms with Crippen molar-refractivity contribution in [2.75, 3.05) is 18.0 Å². The van der Waals surface area contributed by atoms with Gasteiger partial charge >= 0.3 is 0 Å². The molecule has 4 nitrogen and oxygen atoms in total. The molecule has 0 amide bonds. The fourth-order valence-corrected chi connectivity index (χ4v) is 3.60. The average Bonchev–Trinajstić information content (AvgIpc) is 3.13. The zero-order valence-electron chi connectivity index (χ0n) is 10.9. The Morgan fingerprint density at radius 3 is 2.68 bits per heavy atom. The molecule has 1 saturated heterocycles. The van der Waals surface area contributed by atoms with Crippen LogP contribution in [0.5, 0.6) is 0 Å². The molecule has 2 fully saturated rings. The van der Waals surface area contributed by atoms with Crippen molar-refractivity contribution in [3.05, 3.63) is 17.8 Å². The summed E-state index contributed by atoms with van der Waals surface area (Å²) in [7, 11) is 0. The maximum atomic E-state index is 4.50. The Hall–Kier alpha value is -1.20. The second-order valence-electron chi connectivity index (χ2n) is 5.54. The number of aromatic nitrogens is 2. The summed E-state index contributed by atoms with van der Waals surface area (Å²) in [6.07, 6.45) is 6.91. The highest BCUT2D eigenvalue weighted by molar-refractivity contribution is 7.16. The Morgan fingerprint density at radius 2 is 1.89 bits per heavy atom. The highest BCUT2D eigenvalue weighted by atomic mass is 32.1. The van der Waals surface area contributed by atoms with Crippen LogP contribution in [-0.4, -0.2) is 35.1 Å². The minimum absolute atomic E-state index is 0.712. The second-order valence-corrected chi connectivity index (χ2v) is 6.43. The molecule has 3 heterocycles. The molecule has 4 rings (SSSR count). The normalized spacial score (nSPS) is 21.2. The molecule has 0 spiro atoms. The van der Waals surface area contributed by atoms with E-state index in [1.807, 2.05) is 0 Å². The number of hydrogen-bond acceptors (Lipinski definition) is 5. The molecule has 2 aromatic heterocycles. The van der Waals surface area contributed by atoms with Gasteiger partial charge < -0.3 is 10.2 Å². The zero-order valence-corrected chi connectivity index (χ0v) is 11.7. The van der Waals surface area contributed by atoms with Crippen LogP contribution in [0.4, 0.5) is 5.82 Å². The second kappa shape index (κ2) is 4.72. The number of thiophene rings is 1. The summed E-state index contributed by atoms with van der Waals surface area (Å²) in [5.41, 5.74) is 0. The van der Waals surface area contributed by atoms with Gasteiger partial charge in [0.05, 0.1) is 5.39 Å². The van der Waals surface area contributed by atoms with Crippen molar-refractivity contribution >= 4 is 27.4 Å². The Bertz CT molecular complexity index is 570. The maximum Gasteiger partial charge on any atom is 0.140 e. The Morgan fingerprint density at radius 1 is 1.11 bits per heavy atom. The summed E-state index contributed by atoms with van der Waals surface area (Å²) in [6.45, 7) is 2.21. The third-order valence-electron chi connectivity index (χ3n) is 4.08. The lowest BCUT2D eigenvalue weighted by atomic mass is 10.0. The lowest BCUT2D eigenvalue weighted by molar-refractivity contribution is 0.412. The van der Waals surface area contributed by atoms with E-state index in [0.29, 0.717) is 6.04 Å². The standard InChI is InChI=1S/C14H18N4S/c1-2-10(1)17-11-3-6-18(7-4-11)13-12-5-8-19-14(12)16-9-15-13/h5,8-11,17H,1-4,6-7H2. The molecule has 0 aromatic carbocycles. The number of fused-ring (bicyclic) bond motifs is 1. The molecule has 100 valence electrons. The molecule has 2 aromatic rings. The molecule has 1 aliphatic carbocycles. The predicted octanol–water partition coefficient (Wildman–Crippen LogP) is 2.41. The number of nitrogens with one attached hydrogen (secondary N) is 1. The minimum atomic E-state index is 0.712. The van der Waals surface area contributed by atoms with Crippen LogP contribution in [0, 0.1) is 0 Å². The largest absolute Gasteiger partial charge is 0.356 e. The monoisotopic (exact) mass is 274 g/mol. The molecule has 19 heavy (non-hydrogen) atoms. The van der Waals surface area contributed by atoms with E-state index in [2.05, 4.69) is 31.6 Å². The Balaban J connectivity index is 1.49. The van der Waals surface area contributed by atoms with E-state index >= 15 is 0 Å². The average molecular weight is 274 g/mol. The first kappa shape index (κ1) is 11.6. The van der Waals surface area contributed by atoms with Crippen molar-refractivity contribution in [2.45, 2.75) is 37.8 Å². The SMILES string of the molecule is c1nc(N2CCC(NC3CC3)CC2)c2ccsc2n1. The van der Waals surface area contributed by atoms with Gasteiger partial charge in [-0.2, -0.15) is 0 Å². The number of nitrogens with zero attached hydrogens (tertiary/aromatic N) is 3. The van der Waals surface area contributed by atoms with Crippen molar-refractivity contribution in [3.8, 4) is 0 Å². The summed E-state index contributed by atoms with van der Waals surface area (Å²) in [4.78, 5) is 12.3. The van der Waals surface area contributed by atoms with Gasteiger partial charge in [0, 0.05) is 25.2 Å². The van der Waals surface area contributed by atoms with Gasteiger partial charge in [-0.3, -0.25) is 0 Å². The Labute approximate surface area is 116 Å². The third-order valence-corrected chi connectivity index (χ3v) is 4.90. The van der Waals surface area contributed by atoms with Crippen molar-refractivity contribution in [1.29, 1.82) is 0 Å². The first-order valence-corrected chi connectivity index (χ1v) is 7.97. The smallest absolute Gasteiger partial charge is 0.140 e. The summed E-state index contributed by atoms with van der Waals surface area (Å²) in [6, 6.07) is 3.67. The highest BCUT2D eigenvalue weighted by Crippen LogP contribution is 2.29. The van der Waals surface area contributed by atoms with E-state index in [9.17, 15) is 0 Å². The van der Waals surface area contributed by atoms with E-state index in [4.69, 9.17) is 0 Å². The van der Waals surface area contributed by atoms with Gasteiger partial charge in [0.25, 0.3) is 0 Å². The van der Waals surface area contributed by atoms with E-state index in [1.165, 1.54) is 31.1 Å². The molecule has 0 atom stereocenters. The molecule has 5 heteroatoms. The van der Waals surface area contributed by atoms with E-state index in [1.54, 1.807) is 17.7 Å². The summed E-state index contributed by atoms with van der Waals surface area (Å²) < 4.78 is 0. The number of hydrogen-bond donors (Lipinski definition) is 1. The van der Waals surface area contributed by atoms with Crippen LogP contribution in [0.1, 0.15) is 25.7 Å². The lowest BCUT2D eigenvalue weighted by Gasteiger charge is -2.33. The number of anilines is 1. The van der Waals surface area contributed by atoms with Crippen LogP contribution in [0.15, 0.2) is 17.8 Å². The topological polar surface area (TPSA) is 41.1 Å². The van der Waals surface area contributed by atoms with Gasteiger partial charge in [0.15, 0.2) is 0 Å². The third kappa shape index (κ3) is 2.32. The Kier molecular flexibility index (Phi) is 2.89. The number of piperidine rings is 1. The van der Waals surface area contributed by atoms with E-state index < -0.39 is 0 Å². The molecular formula is C14H18N4S. The van der Waals surface area contributed by atoms with Gasteiger partial charge in [-0.15, -0.1) is 11.3 Å². The summed E-state index contributed by atoms with van der Waals surface area (Å²) >= 11 is 1.69. The van der Waals surface area contributed by atoms with Crippen molar-refractivity contribution in [3.63, 3.8) is 0 Å². The fourth-order valence-electron chi connectivity index (χ4n) is 2.87. The lowest BCUT2D eigenvalue weighted by Crippen LogP contribution is -2.43. The van der Waals surface area contributed by atoms with Crippen molar-refractivity contribution < 1.29 is 0 Å². The van der Waals surface area contributed by atoms with Crippen LogP contribution in [0.2, 0.25) is 0 Å². The summed E-state index contributed by atoms with van der Waals surface area (Å²) in [5, 5.41) is 7.05. The number of rotatable bonds is 3. The van der Waals surface area contributed by atoms with Gasteiger partial charge in [0.1, 0.15) is 17.0 Å². The predicted molar refractivity (Wildman–Crippen MR) is 78.8 cm³/mol. The molecule has 1 aliphatic heterocycles. The van der Waals surface area contributed by atoms with Crippen LogP contribution in [0.25, 0.3) is 10.2 Å². The van der Waals surface area contributed by atoms with E-state index in [0.717, 1.165) is 29.8 Å². The zero-order chi connectivity index (χ0) is 12.7. The van der Waals surface area contributed by atoms with Gasteiger partial charge in [0.2, 0.25) is 0 Å². The van der Waals surface area contributed by atoms with Crippen LogP contribution in [0.3, 0.4) is 0 Å². The maximum absolute atomic E-state index is 4.50. The van der Waals surface area contributed by atoms with Gasteiger partial charge in [-0.1, -0.05) is 0 Å². The van der Waals surface area contributed by atoms with E-state index in [-0.39, 0.29) is 0 Å². The molecule has 1 N–H and O–H groups in total. The minimum Gasteiger partial charge on any atom is -0.356 e. The molecule has 2 aliphatic rings.